The lowest BCUT2D eigenvalue weighted by Crippen LogP contribution is -2.13. The molecule has 1 amide bonds. The van der Waals surface area contributed by atoms with E-state index in [0.717, 1.165) is 0 Å². The Morgan fingerprint density at radius 3 is 2.75 bits per heavy atom. The van der Waals surface area contributed by atoms with E-state index in [4.69, 9.17) is 10.5 Å². The Morgan fingerprint density at radius 1 is 1.56 bits per heavy atom. The van der Waals surface area contributed by atoms with Gasteiger partial charge in [-0.1, -0.05) is 0 Å². The van der Waals surface area contributed by atoms with Crippen LogP contribution < -0.4 is 10.5 Å². The average Bonchev–Trinajstić information content (AvgIpc) is 2.25. The molecular weight excluding hydrogens is 216 g/mol. The first kappa shape index (κ1) is 11.8. The van der Waals surface area contributed by atoms with Crippen LogP contribution in [0.25, 0.3) is 0 Å². The lowest BCUT2D eigenvalue weighted by atomic mass is 10.2. The zero-order valence-electron chi connectivity index (χ0n) is 8.50. The number of carbonyl (C=O) groups is 1. The van der Waals surface area contributed by atoms with E-state index in [1.165, 1.54) is 25.3 Å². The fourth-order valence-electron chi connectivity index (χ4n) is 1.13. The molecule has 0 spiro atoms. The van der Waals surface area contributed by atoms with E-state index in [0.29, 0.717) is 5.75 Å². The number of hydrogen-bond donors (Lipinski definition) is 1. The number of hydrogen-bond acceptors (Lipinski definition) is 5. The summed E-state index contributed by atoms with van der Waals surface area (Å²) in [4.78, 5) is 20.5. The molecule has 0 aliphatic rings. The van der Waals surface area contributed by atoms with Crippen molar-refractivity contribution < 1.29 is 19.2 Å². The van der Waals surface area contributed by atoms with Gasteiger partial charge in [-0.2, -0.15) is 0 Å². The van der Waals surface area contributed by atoms with Crippen molar-refractivity contribution in [1.29, 1.82) is 0 Å². The molecule has 7 nitrogen and oxygen atoms in total. The second-order valence-corrected chi connectivity index (χ2v) is 2.86. The number of benzene rings is 1. The molecule has 0 aromatic heterocycles. The highest BCUT2D eigenvalue weighted by Crippen LogP contribution is 2.24. The van der Waals surface area contributed by atoms with Crippen molar-refractivity contribution in [3.05, 3.63) is 33.9 Å². The molecule has 86 valence electrons. The maximum Gasteiger partial charge on any atom is 0.404 e. The molecule has 0 bridgehead atoms. The lowest BCUT2D eigenvalue weighted by molar-refractivity contribution is -0.385. The molecule has 0 saturated heterocycles. The van der Waals surface area contributed by atoms with Crippen molar-refractivity contribution >= 4 is 11.8 Å². The fraction of sp³-hybridized carbons (Fsp3) is 0.222. The number of nitro groups is 1. The van der Waals surface area contributed by atoms with Gasteiger partial charge in [-0.05, 0) is 12.1 Å². The summed E-state index contributed by atoms with van der Waals surface area (Å²) in [6, 6.07) is 4.14. The maximum absolute atomic E-state index is 10.7. The van der Waals surface area contributed by atoms with Crippen LogP contribution >= 0.6 is 0 Å². The van der Waals surface area contributed by atoms with Crippen molar-refractivity contribution in [2.75, 3.05) is 7.11 Å². The van der Waals surface area contributed by atoms with Gasteiger partial charge in [0.25, 0.3) is 5.69 Å². The Morgan fingerprint density at radius 2 is 2.25 bits per heavy atom. The summed E-state index contributed by atoms with van der Waals surface area (Å²) >= 11 is 0. The predicted molar refractivity (Wildman–Crippen MR) is 54.0 cm³/mol. The largest absolute Gasteiger partial charge is 0.497 e. The summed E-state index contributed by atoms with van der Waals surface area (Å²) in [5.41, 5.74) is 4.85. The molecule has 0 aliphatic carbocycles. The Bertz CT molecular complexity index is 418. The highest BCUT2D eigenvalue weighted by Gasteiger charge is 2.15. The van der Waals surface area contributed by atoms with Gasteiger partial charge in [0, 0.05) is 6.07 Å². The number of amides is 1. The number of primary amides is 1. The molecule has 0 atom stereocenters. The molecule has 1 rings (SSSR count). The van der Waals surface area contributed by atoms with Gasteiger partial charge in [0.15, 0.2) is 0 Å². The molecule has 16 heavy (non-hydrogen) atoms. The van der Waals surface area contributed by atoms with Crippen LogP contribution in [-0.2, 0) is 11.3 Å². The first-order valence-corrected chi connectivity index (χ1v) is 4.28. The van der Waals surface area contributed by atoms with Crippen LogP contribution in [0, 0.1) is 10.1 Å². The Hall–Kier alpha value is -2.31. The van der Waals surface area contributed by atoms with Gasteiger partial charge in [-0.3, -0.25) is 10.1 Å². The number of nitrogens with two attached hydrogens (primary N) is 1. The van der Waals surface area contributed by atoms with E-state index in [1.54, 1.807) is 0 Å². The van der Waals surface area contributed by atoms with E-state index in [9.17, 15) is 14.9 Å². The van der Waals surface area contributed by atoms with Crippen molar-refractivity contribution in [3.8, 4) is 5.75 Å². The number of rotatable bonds is 4. The molecule has 1 aromatic rings. The minimum Gasteiger partial charge on any atom is -0.497 e. The minimum absolute atomic E-state index is 0.151. The van der Waals surface area contributed by atoms with Crippen LogP contribution in [0.2, 0.25) is 0 Å². The van der Waals surface area contributed by atoms with E-state index >= 15 is 0 Å². The molecule has 0 radical (unpaired) electrons. The molecule has 0 aliphatic heterocycles. The number of nitro benzene ring substituents is 1. The summed E-state index contributed by atoms with van der Waals surface area (Å²) in [5, 5.41) is 10.7. The van der Waals surface area contributed by atoms with Crippen molar-refractivity contribution in [3.63, 3.8) is 0 Å². The predicted octanol–water partition coefficient (Wildman–Crippen LogP) is 1.20. The molecule has 0 unspecified atom stereocenters. The average molecular weight is 226 g/mol. The zero-order valence-corrected chi connectivity index (χ0v) is 8.50. The second-order valence-electron chi connectivity index (χ2n) is 2.86. The first-order chi connectivity index (χ1) is 7.54. The van der Waals surface area contributed by atoms with E-state index in [2.05, 4.69) is 4.74 Å². The summed E-state index contributed by atoms with van der Waals surface area (Å²) < 4.78 is 9.40. The van der Waals surface area contributed by atoms with Crippen molar-refractivity contribution in [2.24, 2.45) is 5.73 Å². The van der Waals surface area contributed by atoms with Crippen LogP contribution in [-0.4, -0.2) is 18.1 Å². The van der Waals surface area contributed by atoms with Gasteiger partial charge in [0.1, 0.15) is 12.4 Å². The molecule has 0 heterocycles. The van der Waals surface area contributed by atoms with Crippen LogP contribution in [0.15, 0.2) is 18.2 Å². The van der Waals surface area contributed by atoms with Crippen LogP contribution in [0.3, 0.4) is 0 Å². The Kier molecular flexibility index (Phi) is 3.65. The van der Waals surface area contributed by atoms with Gasteiger partial charge in [0.2, 0.25) is 0 Å². The van der Waals surface area contributed by atoms with Gasteiger partial charge in [-0.15, -0.1) is 0 Å². The molecule has 2 N–H and O–H groups in total. The van der Waals surface area contributed by atoms with Gasteiger partial charge in [-0.25, -0.2) is 4.79 Å². The van der Waals surface area contributed by atoms with Crippen molar-refractivity contribution in [1.82, 2.24) is 0 Å². The summed E-state index contributed by atoms with van der Waals surface area (Å²) in [6.07, 6.45) is -0.989. The lowest BCUT2D eigenvalue weighted by Gasteiger charge is -2.05. The number of nitrogens with zero attached hydrogens (tertiary/aromatic N) is 1. The highest BCUT2D eigenvalue weighted by molar-refractivity contribution is 5.64. The normalized spacial score (nSPS) is 9.56. The molecular formula is C9H10N2O5. The molecule has 0 saturated carbocycles. The van der Waals surface area contributed by atoms with Gasteiger partial charge < -0.3 is 15.2 Å². The fourth-order valence-corrected chi connectivity index (χ4v) is 1.13. The maximum atomic E-state index is 10.7. The number of methoxy groups -OCH3 is 1. The van der Waals surface area contributed by atoms with Gasteiger partial charge in [0.05, 0.1) is 17.6 Å². The third-order valence-corrected chi connectivity index (χ3v) is 1.85. The SMILES string of the molecule is COc1ccc([N+](=O)[O-])c(COC(N)=O)c1. The number of ether oxygens (including phenoxy) is 2. The van der Waals surface area contributed by atoms with Crippen LogP contribution in [0.1, 0.15) is 5.56 Å². The van der Waals surface area contributed by atoms with E-state index < -0.39 is 11.0 Å². The summed E-state index contributed by atoms with van der Waals surface area (Å²) in [7, 11) is 1.43. The molecule has 0 fully saturated rings. The van der Waals surface area contributed by atoms with Crippen LogP contribution in [0.5, 0.6) is 5.75 Å². The monoisotopic (exact) mass is 226 g/mol. The third-order valence-electron chi connectivity index (χ3n) is 1.85. The highest BCUT2D eigenvalue weighted by atomic mass is 16.6. The van der Waals surface area contributed by atoms with E-state index in [1.807, 2.05) is 0 Å². The molecule has 1 aromatic carbocycles. The molecule has 7 heteroatoms. The van der Waals surface area contributed by atoms with Crippen LogP contribution in [0.4, 0.5) is 10.5 Å². The smallest absolute Gasteiger partial charge is 0.404 e. The third kappa shape index (κ3) is 2.84. The standard InChI is InChI=1S/C9H10N2O5/c1-15-7-2-3-8(11(13)14)6(4-7)5-16-9(10)12/h2-4H,5H2,1H3,(H2,10,12). The second kappa shape index (κ2) is 4.96. The Balaban J connectivity index is 3.00. The van der Waals surface area contributed by atoms with Crippen molar-refractivity contribution in [2.45, 2.75) is 6.61 Å². The summed E-state index contributed by atoms with van der Waals surface area (Å²) in [5.74, 6) is 0.439. The number of carbonyl (C=O) groups excluding carboxylic acids is 1. The van der Waals surface area contributed by atoms with Gasteiger partial charge >= 0.3 is 6.09 Å². The minimum atomic E-state index is -0.989. The quantitative estimate of drug-likeness (QED) is 0.613. The first-order valence-electron chi connectivity index (χ1n) is 4.28. The Labute approximate surface area is 90.9 Å². The van der Waals surface area contributed by atoms with E-state index in [-0.39, 0.29) is 17.9 Å². The zero-order chi connectivity index (χ0) is 12.1. The summed E-state index contributed by atoms with van der Waals surface area (Å²) in [6.45, 7) is -0.261. The topological polar surface area (TPSA) is 105 Å².